The van der Waals surface area contributed by atoms with Gasteiger partial charge in [0.25, 0.3) is 5.91 Å². The summed E-state index contributed by atoms with van der Waals surface area (Å²) in [6.07, 6.45) is 1.65. The maximum Gasteiger partial charge on any atom is 0.261 e. The molecule has 1 aliphatic rings. The number of carbonyl (C=O) groups excluding carboxylic acids is 1. The molecule has 33 heavy (non-hydrogen) atoms. The maximum atomic E-state index is 13.6. The van der Waals surface area contributed by atoms with Crippen molar-refractivity contribution in [3.05, 3.63) is 83.0 Å². The van der Waals surface area contributed by atoms with Crippen LogP contribution in [0.4, 0.5) is 4.39 Å². The van der Waals surface area contributed by atoms with Crippen molar-refractivity contribution in [3.63, 3.8) is 0 Å². The van der Waals surface area contributed by atoms with Crippen LogP contribution in [0.5, 0.6) is 5.75 Å². The lowest BCUT2D eigenvalue weighted by Crippen LogP contribution is -2.34. The number of nitrogens with zero attached hydrogens (tertiary/aromatic N) is 2. The van der Waals surface area contributed by atoms with Crippen molar-refractivity contribution in [3.8, 4) is 16.9 Å². The predicted octanol–water partition coefficient (Wildman–Crippen LogP) is 6.34. The molecule has 0 spiro atoms. The van der Waals surface area contributed by atoms with Crippen LogP contribution in [-0.4, -0.2) is 28.9 Å². The molecule has 168 valence electrons. The number of carbonyl (C=O) groups is 1. The number of aromatic nitrogens is 1. The quantitative estimate of drug-likeness (QED) is 0.346. The van der Waals surface area contributed by atoms with Gasteiger partial charge in [-0.15, -0.1) is 0 Å². The van der Waals surface area contributed by atoms with Gasteiger partial charge in [-0.25, -0.2) is 9.37 Å². The molecule has 5 rings (SSSR count). The molecule has 0 N–H and O–H groups in total. The predicted molar refractivity (Wildman–Crippen MR) is 125 cm³/mol. The van der Waals surface area contributed by atoms with E-state index >= 15 is 0 Å². The van der Waals surface area contributed by atoms with Gasteiger partial charge in [0.15, 0.2) is 12.2 Å². The van der Waals surface area contributed by atoms with Gasteiger partial charge >= 0.3 is 0 Å². The summed E-state index contributed by atoms with van der Waals surface area (Å²) in [5, 5.41) is 0.613. The fourth-order valence-corrected chi connectivity index (χ4v) is 4.30. The molecule has 5 nitrogen and oxygen atoms in total. The third-order valence-corrected chi connectivity index (χ3v) is 6.18. The number of hydrogen-bond donors (Lipinski definition) is 0. The van der Waals surface area contributed by atoms with Crippen molar-refractivity contribution >= 4 is 28.6 Å². The van der Waals surface area contributed by atoms with Gasteiger partial charge in [-0.3, -0.25) is 4.79 Å². The number of likely N-dealkylation sites (tertiary alicyclic amines) is 1. The summed E-state index contributed by atoms with van der Waals surface area (Å²) in [6, 6.07) is 17.5. The first-order valence-corrected chi connectivity index (χ1v) is 11.2. The fourth-order valence-electron chi connectivity index (χ4n) is 4.17. The second-order valence-corrected chi connectivity index (χ2v) is 8.62. The van der Waals surface area contributed by atoms with Crippen LogP contribution >= 0.6 is 11.6 Å². The van der Waals surface area contributed by atoms with Gasteiger partial charge in [0.2, 0.25) is 5.89 Å². The van der Waals surface area contributed by atoms with Crippen LogP contribution in [0.2, 0.25) is 5.02 Å². The van der Waals surface area contributed by atoms with Crippen LogP contribution < -0.4 is 4.74 Å². The zero-order chi connectivity index (χ0) is 22.9. The summed E-state index contributed by atoms with van der Waals surface area (Å²) in [5.74, 6) is 0.774. The molecule has 1 aliphatic heterocycles. The van der Waals surface area contributed by atoms with Gasteiger partial charge < -0.3 is 14.1 Å². The Kier molecular flexibility index (Phi) is 5.77. The third-order valence-electron chi connectivity index (χ3n) is 5.93. The van der Waals surface area contributed by atoms with E-state index in [4.69, 9.17) is 25.7 Å². The van der Waals surface area contributed by atoms with Crippen molar-refractivity contribution < 1.29 is 18.3 Å². The minimum Gasteiger partial charge on any atom is -0.484 e. The number of benzene rings is 3. The molecule has 0 bridgehead atoms. The summed E-state index contributed by atoms with van der Waals surface area (Å²) in [4.78, 5) is 19.3. The summed E-state index contributed by atoms with van der Waals surface area (Å²) in [5.41, 5.74) is 3.80. The van der Waals surface area contributed by atoms with Crippen LogP contribution in [-0.2, 0) is 4.79 Å². The van der Waals surface area contributed by atoms with E-state index in [-0.39, 0.29) is 24.4 Å². The molecule has 1 atom stereocenters. The highest BCUT2D eigenvalue weighted by molar-refractivity contribution is 6.30. The van der Waals surface area contributed by atoms with E-state index in [0.717, 1.165) is 24.0 Å². The minimum absolute atomic E-state index is 0.0631. The molecule has 2 heterocycles. The van der Waals surface area contributed by atoms with Crippen LogP contribution in [0.15, 0.2) is 65.1 Å². The first-order chi connectivity index (χ1) is 16.0. The molecular formula is C26H22ClFN2O3. The van der Waals surface area contributed by atoms with E-state index in [2.05, 4.69) is 0 Å². The van der Waals surface area contributed by atoms with E-state index < -0.39 is 0 Å². The number of rotatable bonds is 5. The lowest BCUT2D eigenvalue weighted by Gasteiger charge is -2.22. The smallest absolute Gasteiger partial charge is 0.261 e. The first-order valence-electron chi connectivity index (χ1n) is 10.8. The van der Waals surface area contributed by atoms with Crippen molar-refractivity contribution in [2.24, 2.45) is 0 Å². The van der Waals surface area contributed by atoms with Gasteiger partial charge in [0.05, 0.1) is 0 Å². The molecule has 0 radical (unpaired) electrons. The fraction of sp³-hybridized carbons (Fsp3) is 0.231. The zero-order valence-electron chi connectivity index (χ0n) is 18.1. The Labute approximate surface area is 195 Å². The molecule has 1 saturated heterocycles. The molecule has 4 aromatic rings. The number of ether oxygens (including phenoxy) is 1. The van der Waals surface area contributed by atoms with E-state index in [1.54, 1.807) is 42.2 Å². The summed E-state index contributed by atoms with van der Waals surface area (Å²) < 4.78 is 25.3. The molecule has 0 aliphatic carbocycles. The van der Waals surface area contributed by atoms with Gasteiger partial charge in [-0.05, 0) is 85.0 Å². The highest BCUT2D eigenvalue weighted by atomic mass is 35.5. The number of fused-ring (bicyclic) bond motifs is 1. The zero-order valence-corrected chi connectivity index (χ0v) is 18.8. The van der Waals surface area contributed by atoms with Crippen molar-refractivity contribution in [1.82, 2.24) is 9.88 Å². The maximum absolute atomic E-state index is 13.6. The molecular weight excluding hydrogens is 443 g/mol. The van der Waals surface area contributed by atoms with E-state index in [9.17, 15) is 9.18 Å². The molecule has 3 aromatic carbocycles. The summed E-state index contributed by atoms with van der Waals surface area (Å²) in [7, 11) is 0. The number of oxazole rings is 1. The number of hydrogen-bond acceptors (Lipinski definition) is 4. The Bertz CT molecular complexity index is 1320. The third kappa shape index (κ3) is 4.44. The highest BCUT2D eigenvalue weighted by Crippen LogP contribution is 2.34. The summed E-state index contributed by atoms with van der Waals surface area (Å²) >= 11 is 5.89. The van der Waals surface area contributed by atoms with Crippen molar-refractivity contribution in [2.75, 3.05) is 13.2 Å². The molecule has 7 heteroatoms. The molecule has 1 unspecified atom stereocenters. The monoisotopic (exact) mass is 464 g/mol. The molecule has 1 aromatic heterocycles. The van der Waals surface area contributed by atoms with Gasteiger partial charge in [-0.1, -0.05) is 23.7 Å². The Hall–Kier alpha value is -3.38. The second kappa shape index (κ2) is 8.87. The van der Waals surface area contributed by atoms with Gasteiger partial charge in [0.1, 0.15) is 23.1 Å². The lowest BCUT2D eigenvalue weighted by molar-refractivity contribution is -0.134. The number of amides is 1. The van der Waals surface area contributed by atoms with Crippen LogP contribution in [0, 0.1) is 12.7 Å². The number of aryl methyl sites for hydroxylation is 1. The Morgan fingerprint density at radius 3 is 2.70 bits per heavy atom. The summed E-state index contributed by atoms with van der Waals surface area (Å²) in [6.45, 7) is 2.31. The first kappa shape index (κ1) is 21.5. The highest BCUT2D eigenvalue weighted by Gasteiger charge is 2.33. The van der Waals surface area contributed by atoms with Gasteiger partial charge in [-0.2, -0.15) is 0 Å². The SMILES string of the molecule is Cc1cc(-c2ccc3oc(C4CCCN4C(=O)COc4ccc(Cl)cc4)nc3c2)ccc1F. The molecule has 0 saturated carbocycles. The average molecular weight is 465 g/mol. The second-order valence-electron chi connectivity index (χ2n) is 8.19. The minimum atomic E-state index is -0.227. The largest absolute Gasteiger partial charge is 0.484 e. The number of halogens is 2. The normalized spacial score (nSPS) is 15.8. The topological polar surface area (TPSA) is 55.6 Å². The Morgan fingerprint density at radius 2 is 1.91 bits per heavy atom. The van der Waals surface area contributed by atoms with E-state index in [1.165, 1.54) is 6.07 Å². The average Bonchev–Trinajstić information content (AvgIpc) is 3.47. The van der Waals surface area contributed by atoms with Crippen molar-refractivity contribution in [2.45, 2.75) is 25.8 Å². The van der Waals surface area contributed by atoms with E-state index in [1.807, 2.05) is 24.3 Å². The van der Waals surface area contributed by atoms with Crippen LogP contribution in [0.25, 0.3) is 22.2 Å². The van der Waals surface area contributed by atoms with E-state index in [0.29, 0.717) is 39.9 Å². The Balaban J connectivity index is 1.34. The van der Waals surface area contributed by atoms with Crippen molar-refractivity contribution in [1.29, 1.82) is 0 Å². The Morgan fingerprint density at radius 1 is 1.15 bits per heavy atom. The molecule has 1 amide bonds. The van der Waals surface area contributed by atoms with Crippen LogP contribution in [0.3, 0.4) is 0 Å². The van der Waals surface area contributed by atoms with Crippen LogP contribution in [0.1, 0.15) is 30.3 Å². The molecule has 1 fully saturated rings. The lowest BCUT2D eigenvalue weighted by atomic mass is 10.0. The van der Waals surface area contributed by atoms with Gasteiger partial charge in [0, 0.05) is 11.6 Å². The standard InChI is InChI=1S/C26H22ClFN2O3/c1-16-13-17(4-10-21(16)28)18-5-11-24-22(14-18)29-26(33-24)23-3-2-12-30(23)25(31)15-32-20-8-6-19(27)7-9-20/h4-11,13-14,23H,2-3,12,15H2,1H3.